The summed E-state index contributed by atoms with van der Waals surface area (Å²) in [5, 5.41) is 15.3. The van der Waals surface area contributed by atoms with Gasteiger partial charge in [0.25, 0.3) is 0 Å². The highest BCUT2D eigenvalue weighted by Crippen LogP contribution is 2.39. The van der Waals surface area contributed by atoms with Gasteiger partial charge in [0.2, 0.25) is 11.8 Å². The molecule has 8 nitrogen and oxygen atoms in total. The van der Waals surface area contributed by atoms with Crippen LogP contribution >= 0.6 is 0 Å². The molecule has 2 fully saturated rings. The van der Waals surface area contributed by atoms with Crippen LogP contribution in [0.15, 0.2) is 66.7 Å². The Morgan fingerprint density at radius 2 is 1.56 bits per heavy atom. The zero-order valence-electron chi connectivity index (χ0n) is 26.1. The molecule has 1 saturated heterocycles. The number of hydrogen-bond acceptors (Lipinski definition) is 5. The fourth-order valence-corrected chi connectivity index (χ4v) is 7.68. The second-order valence-electron chi connectivity index (χ2n) is 13.3. The Kier molecular flexibility index (Phi) is 9.21. The highest BCUT2D eigenvalue weighted by atomic mass is 16.2. The lowest BCUT2D eigenvalue weighted by Gasteiger charge is -2.43. The van der Waals surface area contributed by atoms with E-state index in [2.05, 4.69) is 33.7 Å². The number of benzene rings is 3. The normalized spacial score (nSPS) is 21.3. The van der Waals surface area contributed by atoms with E-state index in [0.29, 0.717) is 24.1 Å². The Bertz CT molecular complexity index is 1540. The second kappa shape index (κ2) is 13.4. The van der Waals surface area contributed by atoms with E-state index in [1.807, 2.05) is 36.4 Å². The first kappa shape index (κ1) is 30.8. The molecule has 3 aromatic carbocycles. The first-order valence-corrected chi connectivity index (χ1v) is 16.6. The highest BCUT2D eigenvalue weighted by Gasteiger charge is 2.37. The number of hydrogen-bond donors (Lipinski definition) is 5. The van der Waals surface area contributed by atoms with Gasteiger partial charge in [-0.3, -0.25) is 15.0 Å². The highest BCUT2D eigenvalue weighted by molar-refractivity contribution is 6.00. The van der Waals surface area contributed by atoms with Crippen LogP contribution in [0.5, 0.6) is 0 Å². The SMILES string of the molecule is N=C(N)c1ccc2c(c1)N(Cc1ccc(C(N)=O)cc1)C(C(=O)Nc1cccc(C3CCCC4(CCCCCCCC4)N3)c1)C2. The number of amidine groups is 1. The summed E-state index contributed by atoms with van der Waals surface area (Å²) in [5.41, 5.74) is 17.5. The van der Waals surface area contributed by atoms with Crippen LogP contribution in [0.3, 0.4) is 0 Å². The number of fused-ring (bicyclic) bond motifs is 1. The number of nitrogens with one attached hydrogen (secondary N) is 3. The average Bonchev–Trinajstić information content (AvgIpc) is 3.44. The maximum Gasteiger partial charge on any atom is 0.248 e. The van der Waals surface area contributed by atoms with Gasteiger partial charge in [0.1, 0.15) is 11.9 Å². The van der Waals surface area contributed by atoms with Gasteiger partial charge in [-0.15, -0.1) is 0 Å². The first-order chi connectivity index (χ1) is 21.8. The van der Waals surface area contributed by atoms with Crippen molar-refractivity contribution in [2.24, 2.45) is 11.5 Å². The fraction of sp³-hybridized carbons (Fsp3) is 0.432. The number of nitrogens with two attached hydrogens (primary N) is 2. The average molecular weight is 607 g/mol. The van der Waals surface area contributed by atoms with Crippen LogP contribution in [0.2, 0.25) is 0 Å². The molecule has 8 heteroatoms. The van der Waals surface area contributed by atoms with Crippen molar-refractivity contribution < 1.29 is 9.59 Å². The standard InChI is InChI=1S/C37H46N6O2/c38-34(39)29-17-16-28-22-33(43(32(28)23-29)24-25-12-14-26(15-13-25)35(40)44)36(45)41-30-10-7-9-27(21-30)31-11-8-20-37(42-31)18-5-3-1-2-4-6-19-37/h7,9-10,12-17,21,23,31,33,42H,1-6,8,11,18-20,22,24H2,(H3,38,39)(H2,40,44)(H,41,45). The topological polar surface area (TPSA) is 137 Å². The molecule has 0 bridgehead atoms. The van der Waals surface area contributed by atoms with Crippen molar-refractivity contribution in [1.82, 2.24) is 5.32 Å². The molecular formula is C37H46N6O2. The van der Waals surface area contributed by atoms with E-state index in [4.69, 9.17) is 16.9 Å². The molecule has 2 heterocycles. The molecule has 6 rings (SSSR count). The van der Waals surface area contributed by atoms with Gasteiger partial charge in [0.15, 0.2) is 0 Å². The number of carbonyl (C=O) groups excluding carboxylic acids is 2. The number of nitrogen functional groups attached to an aromatic ring is 1. The van der Waals surface area contributed by atoms with Gasteiger partial charge in [-0.1, -0.05) is 74.9 Å². The third kappa shape index (κ3) is 7.06. The summed E-state index contributed by atoms with van der Waals surface area (Å²) in [6.45, 7) is 0.458. The van der Waals surface area contributed by atoms with Crippen molar-refractivity contribution in [2.45, 2.75) is 101 Å². The number of rotatable bonds is 7. The van der Waals surface area contributed by atoms with E-state index in [9.17, 15) is 9.59 Å². The molecule has 1 aliphatic carbocycles. The molecule has 1 spiro atoms. The molecule has 7 N–H and O–H groups in total. The number of carbonyl (C=O) groups is 2. The van der Waals surface area contributed by atoms with E-state index in [1.54, 1.807) is 12.1 Å². The van der Waals surface area contributed by atoms with Crippen LogP contribution in [0.25, 0.3) is 0 Å². The zero-order chi connectivity index (χ0) is 31.4. The largest absolute Gasteiger partial charge is 0.384 e. The Morgan fingerprint density at radius 3 is 2.27 bits per heavy atom. The Hall–Kier alpha value is -4.17. The van der Waals surface area contributed by atoms with Gasteiger partial charge < -0.3 is 27.0 Å². The fourth-order valence-electron chi connectivity index (χ4n) is 7.68. The van der Waals surface area contributed by atoms with E-state index < -0.39 is 11.9 Å². The van der Waals surface area contributed by atoms with E-state index in [-0.39, 0.29) is 23.3 Å². The smallest absolute Gasteiger partial charge is 0.248 e. The predicted octanol–water partition coefficient (Wildman–Crippen LogP) is 6.33. The van der Waals surface area contributed by atoms with Crippen LogP contribution in [-0.4, -0.2) is 29.2 Å². The van der Waals surface area contributed by atoms with Crippen LogP contribution < -0.4 is 27.0 Å². The number of piperidine rings is 1. The zero-order valence-corrected chi connectivity index (χ0v) is 26.1. The molecule has 3 aromatic rings. The summed E-state index contributed by atoms with van der Waals surface area (Å²) in [7, 11) is 0. The quantitative estimate of drug-likeness (QED) is 0.158. The summed E-state index contributed by atoms with van der Waals surface area (Å²) in [4.78, 5) is 27.7. The molecule has 236 valence electrons. The maximum atomic E-state index is 14.0. The third-order valence-electron chi connectivity index (χ3n) is 10.1. The van der Waals surface area contributed by atoms with Gasteiger partial charge >= 0.3 is 0 Å². The molecule has 2 amide bonds. The summed E-state index contributed by atoms with van der Waals surface area (Å²) >= 11 is 0. The number of amides is 2. The minimum atomic E-state index is -0.475. The monoisotopic (exact) mass is 606 g/mol. The Balaban J connectivity index is 1.20. The predicted molar refractivity (Wildman–Crippen MR) is 181 cm³/mol. The maximum absolute atomic E-state index is 14.0. The third-order valence-corrected chi connectivity index (χ3v) is 10.1. The van der Waals surface area contributed by atoms with E-state index >= 15 is 0 Å². The molecule has 2 unspecified atom stereocenters. The van der Waals surface area contributed by atoms with Crippen molar-refractivity contribution in [1.29, 1.82) is 5.41 Å². The lowest BCUT2D eigenvalue weighted by atomic mass is 9.77. The molecule has 2 atom stereocenters. The van der Waals surface area contributed by atoms with Crippen LogP contribution in [0.1, 0.15) is 109 Å². The van der Waals surface area contributed by atoms with Gasteiger partial charge in [0.05, 0.1) is 0 Å². The lowest BCUT2D eigenvalue weighted by molar-refractivity contribution is -0.117. The van der Waals surface area contributed by atoms with Crippen molar-refractivity contribution in [2.75, 3.05) is 10.2 Å². The van der Waals surface area contributed by atoms with Crippen molar-refractivity contribution in [3.8, 4) is 0 Å². The van der Waals surface area contributed by atoms with Gasteiger partial charge in [0, 0.05) is 47.0 Å². The molecular weight excluding hydrogens is 560 g/mol. The summed E-state index contributed by atoms with van der Waals surface area (Å²) in [5.74, 6) is -0.565. The number of nitrogens with zero attached hydrogens (tertiary/aromatic N) is 1. The van der Waals surface area contributed by atoms with Crippen molar-refractivity contribution in [3.05, 3.63) is 94.5 Å². The summed E-state index contributed by atoms with van der Waals surface area (Å²) in [6, 6.07) is 21.1. The Labute approximate surface area is 266 Å². The minimum absolute atomic E-state index is 0.0126. The molecule has 0 aromatic heterocycles. The van der Waals surface area contributed by atoms with E-state index in [1.165, 1.54) is 69.8 Å². The Morgan fingerprint density at radius 1 is 0.867 bits per heavy atom. The van der Waals surface area contributed by atoms with Crippen LogP contribution in [-0.2, 0) is 17.8 Å². The number of primary amides is 1. The van der Waals surface area contributed by atoms with Crippen molar-refractivity contribution >= 4 is 29.0 Å². The molecule has 1 saturated carbocycles. The number of anilines is 2. The van der Waals surface area contributed by atoms with Gasteiger partial charge in [-0.05, 0) is 79.1 Å². The molecule has 2 aliphatic heterocycles. The first-order valence-electron chi connectivity index (χ1n) is 16.6. The van der Waals surface area contributed by atoms with Gasteiger partial charge in [-0.25, -0.2) is 0 Å². The summed E-state index contributed by atoms with van der Waals surface area (Å²) < 4.78 is 0. The minimum Gasteiger partial charge on any atom is -0.384 e. The van der Waals surface area contributed by atoms with Crippen LogP contribution in [0, 0.1) is 5.41 Å². The second-order valence-corrected chi connectivity index (χ2v) is 13.3. The lowest BCUT2D eigenvalue weighted by Crippen LogP contribution is -2.50. The van der Waals surface area contributed by atoms with Crippen LogP contribution in [0.4, 0.5) is 11.4 Å². The molecule has 45 heavy (non-hydrogen) atoms. The molecule has 0 radical (unpaired) electrons. The van der Waals surface area contributed by atoms with E-state index in [0.717, 1.165) is 28.9 Å². The molecule has 3 aliphatic rings. The van der Waals surface area contributed by atoms with Gasteiger partial charge in [-0.2, -0.15) is 0 Å². The summed E-state index contributed by atoms with van der Waals surface area (Å²) in [6.07, 6.45) is 14.7. The van der Waals surface area contributed by atoms with Crippen molar-refractivity contribution in [3.63, 3.8) is 0 Å².